The van der Waals surface area contributed by atoms with Gasteiger partial charge < -0.3 is 5.11 Å². The van der Waals surface area contributed by atoms with E-state index in [9.17, 15) is 4.79 Å². The Hall–Kier alpha value is -2.62. The number of hydrogen-bond acceptors (Lipinski definition) is 3. The van der Waals surface area contributed by atoms with E-state index in [1.54, 1.807) is 24.3 Å². The normalized spacial score (nSPS) is 17.6. The average Bonchev–Trinajstić information content (AvgIpc) is 2.61. The molecule has 2 aromatic rings. The molecule has 0 saturated heterocycles. The molecule has 1 aliphatic rings. The van der Waals surface area contributed by atoms with Gasteiger partial charge in [-0.1, -0.05) is 30.3 Å². The molecular formula is C19H20N2O2. The second-order valence-corrected chi connectivity index (χ2v) is 5.86. The summed E-state index contributed by atoms with van der Waals surface area (Å²) in [7, 11) is 0. The molecule has 1 fully saturated rings. The van der Waals surface area contributed by atoms with Crippen molar-refractivity contribution in [2.75, 3.05) is 5.43 Å². The summed E-state index contributed by atoms with van der Waals surface area (Å²) in [6.45, 7) is 0. The van der Waals surface area contributed by atoms with E-state index in [0.717, 1.165) is 31.4 Å². The van der Waals surface area contributed by atoms with Crippen LogP contribution in [0.1, 0.15) is 47.5 Å². The summed E-state index contributed by atoms with van der Waals surface area (Å²) < 4.78 is 0. The fraction of sp³-hybridized carbons (Fsp3) is 0.263. The second-order valence-electron chi connectivity index (χ2n) is 5.86. The molecule has 23 heavy (non-hydrogen) atoms. The zero-order valence-corrected chi connectivity index (χ0v) is 12.9. The molecule has 0 aliphatic heterocycles. The van der Waals surface area contributed by atoms with Crippen LogP contribution in [-0.4, -0.2) is 16.8 Å². The Morgan fingerprint density at radius 1 is 1.00 bits per heavy atom. The van der Waals surface area contributed by atoms with Gasteiger partial charge in [-0.3, -0.25) is 5.43 Å². The fourth-order valence-corrected chi connectivity index (χ4v) is 2.95. The number of hydrazone groups is 1. The number of carbonyl (C=O) groups is 1. The maximum Gasteiger partial charge on any atom is 0.335 e. The molecule has 1 aliphatic carbocycles. The van der Waals surface area contributed by atoms with Crippen molar-refractivity contribution >= 4 is 17.4 Å². The zero-order valence-electron chi connectivity index (χ0n) is 12.9. The van der Waals surface area contributed by atoms with Crippen LogP contribution < -0.4 is 5.43 Å². The van der Waals surface area contributed by atoms with Gasteiger partial charge in [-0.15, -0.1) is 0 Å². The Morgan fingerprint density at radius 3 is 2.26 bits per heavy atom. The first-order valence-corrected chi connectivity index (χ1v) is 7.92. The Kier molecular flexibility index (Phi) is 4.71. The fourth-order valence-electron chi connectivity index (χ4n) is 2.95. The lowest BCUT2D eigenvalue weighted by atomic mass is 9.83. The first-order chi connectivity index (χ1) is 11.2. The molecule has 0 amide bonds. The maximum atomic E-state index is 10.8. The summed E-state index contributed by atoms with van der Waals surface area (Å²) in [4.78, 5) is 10.8. The van der Waals surface area contributed by atoms with Crippen LogP contribution in [-0.2, 0) is 0 Å². The van der Waals surface area contributed by atoms with E-state index in [0.29, 0.717) is 5.92 Å². The number of nitrogens with one attached hydrogen (secondary N) is 1. The van der Waals surface area contributed by atoms with Gasteiger partial charge >= 0.3 is 5.97 Å². The van der Waals surface area contributed by atoms with Gasteiger partial charge in [0.1, 0.15) is 0 Å². The quantitative estimate of drug-likeness (QED) is 0.817. The Morgan fingerprint density at radius 2 is 1.65 bits per heavy atom. The molecule has 0 spiro atoms. The van der Waals surface area contributed by atoms with Crippen LogP contribution >= 0.6 is 0 Å². The molecular weight excluding hydrogens is 288 g/mol. The maximum absolute atomic E-state index is 10.8. The van der Waals surface area contributed by atoms with Crippen LogP contribution in [0.25, 0.3) is 0 Å². The first kappa shape index (κ1) is 15.3. The number of aromatic carboxylic acids is 1. The van der Waals surface area contributed by atoms with Crippen molar-refractivity contribution in [3.8, 4) is 0 Å². The Balaban J connectivity index is 1.55. The van der Waals surface area contributed by atoms with Crippen molar-refractivity contribution in [2.24, 2.45) is 5.10 Å². The predicted molar refractivity (Wildman–Crippen MR) is 92.1 cm³/mol. The van der Waals surface area contributed by atoms with Gasteiger partial charge in [0.05, 0.1) is 11.3 Å². The van der Waals surface area contributed by atoms with Crippen LogP contribution in [0.5, 0.6) is 0 Å². The molecule has 2 aromatic carbocycles. The number of benzene rings is 2. The Labute approximate surface area is 135 Å². The summed E-state index contributed by atoms with van der Waals surface area (Å²) >= 11 is 0. The minimum absolute atomic E-state index is 0.284. The largest absolute Gasteiger partial charge is 0.478 e. The Bertz CT molecular complexity index is 683. The lowest BCUT2D eigenvalue weighted by molar-refractivity contribution is 0.0697. The molecule has 118 valence electrons. The van der Waals surface area contributed by atoms with E-state index in [4.69, 9.17) is 5.11 Å². The van der Waals surface area contributed by atoms with E-state index in [1.807, 2.05) is 0 Å². The minimum atomic E-state index is -0.915. The summed E-state index contributed by atoms with van der Waals surface area (Å²) in [6, 6.07) is 17.3. The molecule has 1 saturated carbocycles. The van der Waals surface area contributed by atoms with Gasteiger partial charge in [0.25, 0.3) is 0 Å². The third-order valence-corrected chi connectivity index (χ3v) is 4.31. The smallest absolute Gasteiger partial charge is 0.335 e. The summed E-state index contributed by atoms with van der Waals surface area (Å²) in [6.07, 6.45) is 4.25. The van der Waals surface area contributed by atoms with Gasteiger partial charge in [0.15, 0.2) is 0 Å². The summed E-state index contributed by atoms with van der Waals surface area (Å²) in [5.74, 6) is -0.285. The van der Waals surface area contributed by atoms with Crippen molar-refractivity contribution < 1.29 is 9.90 Å². The van der Waals surface area contributed by atoms with E-state index in [1.165, 1.54) is 11.3 Å². The highest BCUT2D eigenvalue weighted by molar-refractivity contribution is 5.88. The predicted octanol–water partition coefficient (Wildman–Crippen LogP) is 4.51. The molecule has 0 atom stereocenters. The molecule has 0 heterocycles. The van der Waals surface area contributed by atoms with Crippen molar-refractivity contribution in [3.63, 3.8) is 0 Å². The molecule has 0 bridgehead atoms. The number of hydrogen-bond donors (Lipinski definition) is 2. The van der Waals surface area contributed by atoms with E-state index >= 15 is 0 Å². The molecule has 4 nitrogen and oxygen atoms in total. The van der Waals surface area contributed by atoms with Crippen LogP contribution in [0, 0.1) is 0 Å². The van der Waals surface area contributed by atoms with Crippen molar-refractivity contribution in [3.05, 3.63) is 65.7 Å². The highest BCUT2D eigenvalue weighted by atomic mass is 16.4. The molecule has 4 heteroatoms. The van der Waals surface area contributed by atoms with Crippen LogP contribution in [0.2, 0.25) is 0 Å². The highest BCUT2D eigenvalue weighted by Gasteiger charge is 2.18. The monoisotopic (exact) mass is 308 g/mol. The summed E-state index contributed by atoms with van der Waals surface area (Å²) in [5.41, 5.74) is 6.73. The van der Waals surface area contributed by atoms with E-state index in [-0.39, 0.29) is 5.56 Å². The van der Waals surface area contributed by atoms with E-state index in [2.05, 4.69) is 40.9 Å². The number of rotatable bonds is 4. The number of nitrogens with zero attached hydrogens (tertiary/aromatic N) is 1. The first-order valence-electron chi connectivity index (χ1n) is 7.92. The number of carboxylic acid groups (broad SMARTS) is 1. The van der Waals surface area contributed by atoms with Crippen molar-refractivity contribution in [1.29, 1.82) is 0 Å². The number of carboxylic acids is 1. The van der Waals surface area contributed by atoms with Crippen LogP contribution in [0.3, 0.4) is 0 Å². The third kappa shape index (κ3) is 3.97. The molecule has 0 aromatic heterocycles. The van der Waals surface area contributed by atoms with Gasteiger partial charge in [0.2, 0.25) is 0 Å². The SMILES string of the molecule is O=C(O)c1ccc(NN=C2CCC(c3ccccc3)CC2)cc1. The van der Waals surface area contributed by atoms with Gasteiger partial charge in [0, 0.05) is 5.71 Å². The summed E-state index contributed by atoms with van der Waals surface area (Å²) in [5, 5.41) is 13.4. The number of anilines is 1. The van der Waals surface area contributed by atoms with Crippen molar-refractivity contribution in [2.45, 2.75) is 31.6 Å². The topological polar surface area (TPSA) is 61.7 Å². The van der Waals surface area contributed by atoms with E-state index < -0.39 is 5.97 Å². The standard InChI is InChI=1S/C19H20N2O2/c22-19(23)16-8-12-18(13-9-16)21-20-17-10-6-15(7-11-17)14-4-2-1-3-5-14/h1-5,8-9,12-13,15,21H,6-7,10-11H2,(H,22,23). The minimum Gasteiger partial charge on any atom is -0.478 e. The van der Waals surface area contributed by atoms with Gasteiger partial charge in [-0.05, 0) is 61.4 Å². The van der Waals surface area contributed by atoms with Crippen LogP contribution in [0.4, 0.5) is 5.69 Å². The zero-order chi connectivity index (χ0) is 16.1. The lowest BCUT2D eigenvalue weighted by Crippen LogP contribution is -2.14. The second kappa shape index (κ2) is 7.09. The highest BCUT2D eigenvalue weighted by Crippen LogP contribution is 2.31. The third-order valence-electron chi connectivity index (χ3n) is 4.31. The molecule has 3 rings (SSSR count). The lowest BCUT2D eigenvalue weighted by Gasteiger charge is -2.23. The van der Waals surface area contributed by atoms with Crippen molar-refractivity contribution in [1.82, 2.24) is 0 Å². The molecule has 0 radical (unpaired) electrons. The molecule has 0 unspecified atom stereocenters. The van der Waals surface area contributed by atoms with Crippen LogP contribution in [0.15, 0.2) is 59.7 Å². The van der Waals surface area contributed by atoms with Gasteiger partial charge in [-0.25, -0.2) is 4.79 Å². The van der Waals surface area contributed by atoms with Gasteiger partial charge in [-0.2, -0.15) is 5.10 Å². The molecule has 2 N–H and O–H groups in total. The average molecular weight is 308 g/mol.